The van der Waals surface area contributed by atoms with E-state index in [1.807, 2.05) is 19.2 Å². The molecule has 3 aromatic heterocycles. The summed E-state index contributed by atoms with van der Waals surface area (Å²) in [5, 5.41) is 13.1. The summed E-state index contributed by atoms with van der Waals surface area (Å²) in [4.78, 5) is 20.8. The first-order valence-corrected chi connectivity index (χ1v) is 8.69. The van der Waals surface area contributed by atoms with Gasteiger partial charge in [-0.05, 0) is 42.8 Å². The summed E-state index contributed by atoms with van der Waals surface area (Å²) in [6.07, 6.45) is 7.40. The molecule has 4 aromatic rings. The number of pyridine rings is 2. The fourth-order valence-corrected chi connectivity index (χ4v) is 3.32. The van der Waals surface area contributed by atoms with Crippen LogP contribution in [0, 0.1) is 12.8 Å². The average Bonchev–Trinajstić information content (AvgIpc) is 3.40. The molecular formula is C20H17N5O. The van der Waals surface area contributed by atoms with Gasteiger partial charge in [-0.2, -0.15) is 5.10 Å². The van der Waals surface area contributed by atoms with Crippen LogP contribution in [0.15, 0.2) is 42.9 Å². The molecule has 1 aliphatic rings. The topological polar surface area (TPSA) is 83.6 Å². The van der Waals surface area contributed by atoms with Crippen molar-refractivity contribution in [2.75, 3.05) is 5.32 Å². The smallest absolute Gasteiger partial charge is 0.228 e. The van der Waals surface area contributed by atoms with E-state index in [1.54, 1.807) is 12.4 Å². The highest BCUT2D eigenvalue weighted by Gasteiger charge is 2.29. The monoisotopic (exact) mass is 343 g/mol. The van der Waals surface area contributed by atoms with E-state index in [1.165, 1.54) is 0 Å². The van der Waals surface area contributed by atoms with Crippen LogP contribution >= 0.6 is 0 Å². The van der Waals surface area contributed by atoms with Crippen molar-refractivity contribution in [2.45, 2.75) is 19.8 Å². The molecule has 0 bridgehead atoms. The number of nitrogens with one attached hydrogen (secondary N) is 2. The van der Waals surface area contributed by atoms with Crippen molar-refractivity contribution in [3.63, 3.8) is 0 Å². The van der Waals surface area contributed by atoms with Gasteiger partial charge in [0.25, 0.3) is 0 Å². The number of nitrogens with zero attached hydrogens (tertiary/aromatic N) is 3. The lowest BCUT2D eigenvalue weighted by molar-refractivity contribution is -0.117. The number of aryl methyl sites for hydroxylation is 1. The fraction of sp³-hybridized carbons (Fsp3) is 0.200. The van der Waals surface area contributed by atoms with E-state index in [2.05, 4.69) is 43.7 Å². The van der Waals surface area contributed by atoms with Crippen LogP contribution in [0.25, 0.3) is 32.8 Å². The molecule has 0 aliphatic heterocycles. The molecule has 1 aromatic carbocycles. The number of hydrogen-bond donors (Lipinski definition) is 2. The number of aromatic nitrogens is 4. The first-order valence-electron chi connectivity index (χ1n) is 8.69. The van der Waals surface area contributed by atoms with E-state index < -0.39 is 0 Å². The summed E-state index contributed by atoms with van der Waals surface area (Å²) in [6, 6.07) is 8.15. The Kier molecular flexibility index (Phi) is 3.25. The van der Waals surface area contributed by atoms with E-state index in [-0.39, 0.29) is 11.8 Å². The third-order valence-corrected chi connectivity index (χ3v) is 4.90. The zero-order chi connectivity index (χ0) is 17.7. The third kappa shape index (κ3) is 2.50. The second kappa shape index (κ2) is 5.62. The van der Waals surface area contributed by atoms with Gasteiger partial charge >= 0.3 is 0 Å². The molecule has 1 saturated carbocycles. The van der Waals surface area contributed by atoms with E-state index in [9.17, 15) is 4.79 Å². The molecule has 6 nitrogen and oxygen atoms in total. The summed E-state index contributed by atoms with van der Waals surface area (Å²) in [5.74, 6) is 0.847. The largest absolute Gasteiger partial charge is 0.310 e. The standard InChI is InChI=1S/C20H17N5O/c1-11-19(16-9-23-25-17(16)10-21-11)14-5-4-13-7-18(22-8-15(13)6-14)24-20(26)12-2-3-12/h4-10,12H,2-3H2,1H3,(H,23,25)(H,22,24,26). The Morgan fingerprint density at radius 2 is 2.00 bits per heavy atom. The molecule has 1 amide bonds. The molecular weight excluding hydrogens is 326 g/mol. The molecule has 1 fully saturated rings. The second-order valence-electron chi connectivity index (χ2n) is 6.81. The summed E-state index contributed by atoms with van der Waals surface area (Å²) < 4.78 is 0. The Morgan fingerprint density at radius 3 is 2.85 bits per heavy atom. The number of rotatable bonds is 3. The minimum Gasteiger partial charge on any atom is -0.310 e. The van der Waals surface area contributed by atoms with E-state index in [0.29, 0.717) is 5.82 Å². The van der Waals surface area contributed by atoms with Crippen LogP contribution in [-0.4, -0.2) is 26.1 Å². The molecule has 2 N–H and O–H groups in total. The predicted octanol–water partition coefficient (Wildman–Crippen LogP) is 3.83. The van der Waals surface area contributed by atoms with Crippen LogP contribution in [0.3, 0.4) is 0 Å². The van der Waals surface area contributed by atoms with E-state index in [4.69, 9.17) is 0 Å². The van der Waals surface area contributed by atoms with Crippen molar-refractivity contribution in [1.82, 2.24) is 20.2 Å². The first-order chi connectivity index (χ1) is 12.7. The number of H-pyrrole nitrogens is 1. The van der Waals surface area contributed by atoms with Crippen LogP contribution in [0.4, 0.5) is 5.82 Å². The number of carbonyl (C=O) groups is 1. The van der Waals surface area contributed by atoms with Gasteiger partial charge < -0.3 is 5.32 Å². The van der Waals surface area contributed by atoms with Crippen LogP contribution < -0.4 is 5.32 Å². The van der Waals surface area contributed by atoms with Crippen LogP contribution in [0.2, 0.25) is 0 Å². The normalized spacial score (nSPS) is 14.0. The van der Waals surface area contributed by atoms with Crippen molar-refractivity contribution in [3.8, 4) is 11.1 Å². The molecule has 0 saturated heterocycles. The molecule has 0 spiro atoms. The maximum absolute atomic E-state index is 11.9. The van der Waals surface area contributed by atoms with Crippen molar-refractivity contribution in [1.29, 1.82) is 0 Å². The maximum Gasteiger partial charge on any atom is 0.228 e. The summed E-state index contributed by atoms with van der Waals surface area (Å²) in [7, 11) is 0. The summed E-state index contributed by atoms with van der Waals surface area (Å²) in [6.45, 7) is 2.00. The Labute approximate surface area is 149 Å². The molecule has 0 unspecified atom stereocenters. The number of fused-ring (bicyclic) bond motifs is 2. The zero-order valence-corrected chi connectivity index (χ0v) is 14.3. The summed E-state index contributed by atoms with van der Waals surface area (Å²) in [5.41, 5.74) is 4.02. The van der Waals surface area contributed by atoms with Gasteiger partial charge in [0.15, 0.2) is 0 Å². The van der Waals surface area contributed by atoms with Gasteiger partial charge in [-0.1, -0.05) is 12.1 Å². The number of hydrogen-bond acceptors (Lipinski definition) is 4. The molecule has 1 aliphatic carbocycles. The number of carbonyl (C=O) groups excluding carboxylic acids is 1. The molecule has 128 valence electrons. The number of anilines is 1. The Balaban J connectivity index is 1.56. The van der Waals surface area contributed by atoms with Crippen molar-refractivity contribution < 1.29 is 4.79 Å². The quantitative estimate of drug-likeness (QED) is 0.592. The lowest BCUT2D eigenvalue weighted by Crippen LogP contribution is -2.14. The maximum atomic E-state index is 11.9. The SMILES string of the molecule is Cc1ncc2[nH]ncc2c1-c1ccc2cc(NC(=O)C3CC3)ncc2c1. The van der Waals surface area contributed by atoms with E-state index >= 15 is 0 Å². The van der Waals surface area contributed by atoms with E-state index in [0.717, 1.165) is 51.3 Å². The average molecular weight is 343 g/mol. The van der Waals surface area contributed by atoms with Gasteiger partial charge in [-0.15, -0.1) is 0 Å². The minimum atomic E-state index is 0.0711. The predicted molar refractivity (Wildman–Crippen MR) is 101 cm³/mol. The van der Waals surface area contributed by atoms with Gasteiger partial charge in [0.2, 0.25) is 5.91 Å². The minimum absolute atomic E-state index is 0.0711. The zero-order valence-electron chi connectivity index (χ0n) is 14.3. The number of aromatic amines is 1. The second-order valence-corrected chi connectivity index (χ2v) is 6.81. The fourth-order valence-electron chi connectivity index (χ4n) is 3.32. The van der Waals surface area contributed by atoms with Crippen molar-refractivity contribution in [2.24, 2.45) is 5.92 Å². The van der Waals surface area contributed by atoms with Crippen LogP contribution in [0.1, 0.15) is 18.5 Å². The Morgan fingerprint density at radius 1 is 1.12 bits per heavy atom. The molecule has 3 heterocycles. The lowest BCUT2D eigenvalue weighted by Gasteiger charge is -2.09. The number of benzene rings is 1. The van der Waals surface area contributed by atoms with Crippen LogP contribution in [0.5, 0.6) is 0 Å². The van der Waals surface area contributed by atoms with Gasteiger partial charge in [-0.25, -0.2) is 4.98 Å². The van der Waals surface area contributed by atoms with Gasteiger partial charge in [0.1, 0.15) is 5.82 Å². The Hall–Kier alpha value is -3.28. The van der Waals surface area contributed by atoms with Crippen LogP contribution in [-0.2, 0) is 4.79 Å². The summed E-state index contributed by atoms with van der Waals surface area (Å²) >= 11 is 0. The molecule has 5 rings (SSSR count). The third-order valence-electron chi connectivity index (χ3n) is 4.90. The lowest BCUT2D eigenvalue weighted by atomic mass is 9.98. The molecule has 6 heteroatoms. The first kappa shape index (κ1) is 15.0. The number of amides is 1. The highest BCUT2D eigenvalue weighted by atomic mass is 16.2. The van der Waals surface area contributed by atoms with Crippen molar-refractivity contribution in [3.05, 3.63) is 48.5 Å². The molecule has 0 radical (unpaired) electrons. The van der Waals surface area contributed by atoms with Gasteiger partial charge in [0.05, 0.1) is 17.9 Å². The Bertz CT molecular complexity index is 1160. The molecule has 0 atom stereocenters. The highest BCUT2D eigenvalue weighted by molar-refractivity contribution is 5.99. The van der Waals surface area contributed by atoms with Crippen molar-refractivity contribution >= 4 is 33.4 Å². The van der Waals surface area contributed by atoms with Gasteiger partial charge in [-0.3, -0.25) is 14.9 Å². The highest BCUT2D eigenvalue weighted by Crippen LogP contribution is 2.33. The van der Waals surface area contributed by atoms with Gasteiger partial charge in [0, 0.05) is 34.1 Å². The molecule has 26 heavy (non-hydrogen) atoms.